The van der Waals surface area contributed by atoms with Gasteiger partial charge in [-0.25, -0.2) is 0 Å². The fourth-order valence-electron chi connectivity index (χ4n) is 10.5. The number of aliphatic hydroxyl groups excluding tert-OH is 4. The van der Waals surface area contributed by atoms with Crippen molar-refractivity contribution < 1.29 is 39.9 Å². The minimum atomic E-state index is -1.59. The lowest BCUT2D eigenvalue weighted by molar-refractivity contribution is -0.243. The van der Waals surface area contributed by atoms with Gasteiger partial charge in [0, 0.05) is 6.92 Å². The normalized spacial score (nSPS) is 47.3. The predicted molar refractivity (Wildman–Crippen MR) is 151 cm³/mol. The largest absolute Gasteiger partial charge is 0.481 e. The van der Waals surface area contributed by atoms with Crippen molar-refractivity contribution in [2.75, 3.05) is 6.61 Å². The van der Waals surface area contributed by atoms with Gasteiger partial charge in [0.1, 0.15) is 24.4 Å². The maximum absolute atomic E-state index is 12.5. The van der Waals surface area contributed by atoms with E-state index in [1.807, 2.05) is 0 Å². The van der Waals surface area contributed by atoms with Crippen LogP contribution in [0.25, 0.3) is 0 Å². The molecule has 6 N–H and O–H groups in total. The van der Waals surface area contributed by atoms with Gasteiger partial charge in [0.2, 0.25) is 5.91 Å². The number of carboxylic acids is 1. The van der Waals surface area contributed by atoms with E-state index in [9.17, 15) is 35.1 Å². The van der Waals surface area contributed by atoms with Crippen LogP contribution in [0.1, 0.15) is 85.5 Å². The minimum absolute atomic E-state index is 0.00373. The number of fused-ring (bicyclic) bond motifs is 5. The van der Waals surface area contributed by atoms with E-state index in [-0.39, 0.29) is 41.0 Å². The lowest BCUT2D eigenvalue weighted by atomic mass is 9.46. The van der Waals surface area contributed by atoms with E-state index in [4.69, 9.17) is 4.74 Å². The fourth-order valence-corrected chi connectivity index (χ4v) is 10.5. The number of carbonyl (C=O) groups excluding carboxylic acids is 1. The van der Waals surface area contributed by atoms with E-state index < -0.39 is 49.0 Å². The molecule has 1 heterocycles. The number of carbonyl (C=O) groups is 2. The topological polar surface area (TPSA) is 157 Å². The Morgan fingerprint density at radius 3 is 2.44 bits per heavy atom. The van der Waals surface area contributed by atoms with Crippen LogP contribution in [0, 0.1) is 46.3 Å². The third-order valence-corrected chi connectivity index (χ3v) is 12.5. The molecule has 0 aromatic heterocycles. The minimum Gasteiger partial charge on any atom is -0.481 e. The average Bonchev–Trinajstić information content (AvgIpc) is 3.28. The Balaban J connectivity index is 1.39. The number of ether oxygens (including phenoxy) is 1. The van der Waals surface area contributed by atoms with Gasteiger partial charge in [0.25, 0.3) is 0 Å². The van der Waals surface area contributed by atoms with Gasteiger partial charge >= 0.3 is 5.97 Å². The van der Waals surface area contributed by atoms with E-state index in [1.54, 1.807) is 6.92 Å². The monoisotopic (exact) mass is 577 g/mol. The number of aliphatic carboxylic acids is 1. The van der Waals surface area contributed by atoms with Crippen LogP contribution >= 0.6 is 0 Å². The molecule has 0 aromatic carbocycles. The van der Waals surface area contributed by atoms with Gasteiger partial charge < -0.3 is 35.6 Å². The molecule has 14 atom stereocenters. The van der Waals surface area contributed by atoms with Crippen LogP contribution in [0.5, 0.6) is 0 Å². The molecule has 3 saturated carbocycles. The van der Waals surface area contributed by atoms with E-state index >= 15 is 0 Å². The molecule has 1 amide bonds. The maximum Gasteiger partial charge on any atom is 0.309 e. The molecular weight excluding hydrogens is 526 g/mol. The second-order valence-corrected chi connectivity index (χ2v) is 14.5. The van der Waals surface area contributed by atoms with Crippen molar-refractivity contribution in [1.29, 1.82) is 0 Å². The molecule has 1 saturated heterocycles. The van der Waals surface area contributed by atoms with E-state index in [2.05, 4.69) is 32.2 Å². The van der Waals surface area contributed by atoms with Crippen LogP contribution < -0.4 is 5.32 Å². The molecule has 5 rings (SSSR count). The molecule has 232 valence electrons. The van der Waals surface area contributed by atoms with Crippen molar-refractivity contribution in [2.24, 2.45) is 46.3 Å². The number of nitrogens with one attached hydrogen (secondary N) is 1. The van der Waals surface area contributed by atoms with Gasteiger partial charge in [0.05, 0.1) is 24.7 Å². The van der Waals surface area contributed by atoms with Crippen LogP contribution in [-0.4, -0.2) is 80.6 Å². The lowest BCUT2D eigenvalue weighted by Crippen LogP contribution is -2.61. The number of hydrogen-bond donors (Lipinski definition) is 6. The molecular formula is C32H51NO8. The molecule has 4 fully saturated rings. The number of rotatable bonds is 7. The quantitative estimate of drug-likeness (QED) is 0.252. The summed E-state index contributed by atoms with van der Waals surface area (Å²) in [6.45, 7) is 7.94. The van der Waals surface area contributed by atoms with E-state index in [0.717, 1.165) is 32.1 Å². The van der Waals surface area contributed by atoms with Gasteiger partial charge in [0.15, 0.2) is 0 Å². The van der Waals surface area contributed by atoms with Crippen molar-refractivity contribution in [3.05, 3.63) is 11.6 Å². The third-order valence-electron chi connectivity index (χ3n) is 12.5. The number of aliphatic hydroxyl groups is 4. The van der Waals surface area contributed by atoms with Gasteiger partial charge in [-0.2, -0.15) is 0 Å². The summed E-state index contributed by atoms with van der Waals surface area (Å²) >= 11 is 0. The molecule has 41 heavy (non-hydrogen) atoms. The first-order valence-corrected chi connectivity index (χ1v) is 15.8. The molecule has 5 aliphatic rings. The summed E-state index contributed by atoms with van der Waals surface area (Å²) in [5.74, 6) is -0.650. The Morgan fingerprint density at radius 1 is 1.05 bits per heavy atom. The van der Waals surface area contributed by atoms with Crippen LogP contribution in [0.15, 0.2) is 11.6 Å². The summed E-state index contributed by atoms with van der Waals surface area (Å²) in [7, 11) is 0. The predicted octanol–water partition coefficient (Wildman–Crippen LogP) is 2.64. The number of carboxylic acid groups (broad SMARTS) is 1. The molecule has 0 aromatic rings. The summed E-state index contributed by atoms with van der Waals surface area (Å²) in [5.41, 5.74) is 1.70. The molecule has 0 radical (unpaired) electrons. The molecule has 2 unspecified atom stereocenters. The first-order valence-electron chi connectivity index (χ1n) is 15.8. The summed E-state index contributed by atoms with van der Waals surface area (Å²) in [6.07, 6.45) is 4.58. The van der Waals surface area contributed by atoms with Crippen LogP contribution in [0.3, 0.4) is 0 Å². The highest BCUT2D eigenvalue weighted by atomic mass is 16.5. The van der Waals surface area contributed by atoms with Crippen molar-refractivity contribution in [2.45, 2.75) is 122 Å². The standard InChI is InChI=1S/C32H51NO8/c1-16(13-19(30(39)40)29-28(38)27(37)26(36)24(15-34)41-29)20-8-9-21-25-22(10-12-32(20,21)4)31(3)11-6-5-7-18(31)14-23(25)33-17(2)35/h14,16,19-29,34,36-38H,5-13,15H2,1-4H3,(H,33,35)(H,39,40)/t16-,19?,20-,21+,22+,23+,24-,25+,26-,27+,28-,29?,31+,32-/m1/s1. The number of amides is 1. The molecule has 4 aliphatic carbocycles. The maximum atomic E-state index is 12.5. The zero-order valence-electron chi connectivity index (χ0n) is 25.0. The Hall–Kier alpha value is -1.52. The third kappa shape index (κ3) is 5.17. The van der Waals surface area contributed by atoms with Crippen molar-refractivity contribution in [1.82, 2.24) is 5.32 Å². The molecule has 9 nitrogen and oxygen atoms in total. The first-order chi connectivity index (χ1) is 19.3. The second-order valence-electron chi connectivity index (χ2n) is 14.5. The van der Waals surface area contributed by atoms with E-state index in [0.29, 0.717) is 17.8 Å². The van der Waals surface area contributed by atoms with Crippen molar-refractivity contribution >= 4 is 11.9 Å². The molecule has 0 spiro atoms. The Morgan fingerprint density at radius 2 is 1.78 bits per heavy atom. The highest BCUT2D eigenvalue weighted by molar-refractivity contribution is 5.73. The molecule has 1 aliphatic heterocycles. The number of hydrogen-bond acceptors (Lipinski definition) is 7. The summed E-state index contributed by atoms with van der Waals surface area (Å²) in [6, 6.07) is 0.0261. The highest BCUT2D eigenvalue weighted by Gasteiger charge is 2.61. The SMILES string of the molecule is CC(=O)N[C@H]1C=C2CCCC[C@]2(C)[C@H]2CC[C@]3(C)[C@@H]([C@H](C)CC(C(=O)O)C4O[C@H](CO)[C@@H](O)[C@H](O)[C@H]4O)CC[C@H]3[C@H]12. The van der Waals surface area contributed by atoms with Crippen molar-refractivity contribution in [3.8, 4) is 0 Å². The number of allylic oxidation sites excluding steroid dienone is 1. The summed E-state index contributed by atoms with van der Waals surface area (Å²) < 4.78 is 5.69. The van der Waals surface area contributed by atoms with Crippen LogP contribution in [0.2, 0.25) is 0 Å². The van der Waals surface area contributed by atoms with Gasteiger partial charge in [-0.3, -0.25) is 9.59 Å². The zero-order chi connectivity index (χ0) is 29.9. The lowest BCUT2D eigenvalue weighted by Gasteiger charge is -2.60. The Labute approximate surface area is 243 Å². The summed E-state index contributed by atoms with van der Waals surface area (Å²) in [5, 5.41) is 54.4. The second kappa shape index (κ2) is 11.5. The summed E-state index contributed by atoms with van der Waals surface area (Å²) in [4.78, 5) is 24.8. The Bertz CT molecular complexity index is 1030. The average molecular weight is 578 g/mol. The van der Waals surface area contributed by atoms with Crippen molar-refractivity contribution in [3.63, 3.8) is 0 Å². The van der Waals surface area contributed by atoms with E-state index in [1.165, 1.54) is 24.8 Å². The van der Waals surface area contributed by atoms with Gasteiger partial charge in [-0.15, -0.1) is 0 Å². The zero-order valence-corrected chi connectivity index (χ0v) is 25.0. The van der Waals surface area contributed by atoms with Crippen LogP contribution in [-0.2, 0) is 14.3 Å². The van der Waals surface area contributed by atoms with Gasteiger partial charge in [-0.1, -0.05) is 38.8 Å². The molecule has 9 heteroatoms. The van der Waals surface area contributed by atoms with Gasteiger partial charge in [-0.05, 0) is 91.8 Å². The van der Waals surface area contributed by atoms with Crippen LogP contribution in [0.4, 0.5) is 0 Å². The Kier molecular flexibility index (Phi) is 8.69. The smallest absolute Gasteiger partial charge is 0.309 e. The fraction of sp³-hybridized carbons (Fsp3) is 0.875. The molecule has 0 bridgehead atoms. The highest BCUT2D eigenvalue weighted by Crippen LogP contribution is 2.67. The first kappa shape index (κ1) is 30.9.